The fourth-order valence-electron chi connectivity index (χ4n) is 1.48. The van der Waals surface area contributed by atoms with E-state index in [-0.39, 0.29) is 0 Å². The molecule has 104 valence electrons. The third-order valence-corrected chi connectivity index (χ3v) is 4.27. The first-order valence-corrected chi connectivity index (χ1v) is 7.61. The maximum absolute atomic E-state index is 10.4. The standard InChI is InChI=1S/C14H10BrClO3S/c15-13-5-3-10(20-13)8-19-12-4-1-9(7-11(12)16)2-6-14(17)18/h1-7H,8H2,(H,17,18). The van der Waals surface area contributed by atoms with Crippen molar-refractivity contribution in [3.05, 3.63) is 55.7 Å². The summed E-state index contributed by atoms with van der Waals surface area (Å²) in [6.07, 6.45) is 2.55. The molecule has 0 amide bonds. The zero-order chi connectivity index (χ0) is 14.5. The Kier molecular flexibility index (Phi) is 5.23. The second kappa shape index (κ2) is 6.92. The lowest BCUT2D eigenvalue weighted by Crippen LogP contribution is -1.93. The van der Waals surface area contributed by atoms with Gasteiger partial charge in [0.15, 0.2) is 0 Å². The van der Waals surface area contributed by atoms with E-state index in [4.69, 9.17) is 21.4 Å². The van der Waals surface area contributed by atoms with Crippen molar-refractivity contribution in [2.75, 3.05) is 0 Å². The summed E-state index contributed by atoms with van der Waals surface area (Å²) in [5, 5.41) is 9.02. The molecule has 1 aromatic heterocycles. The van der Waals surface area contributed by atoms with Crippen LogP contribution in [0.5, 0.6) is 5.75 Å². The molecule has 0 atom stereocenters. The molecule has 2 aromatic rings. The highest BCUT2D eigenvalue weighted by Gasteiger charge is 2.04. The molecule has 0 fully saturated rings. The van der Waals surface area contributed by atoms with E-state index in [0.717, 1.165) is 14.7 Å². The lowest BCUT2D eigenvalue weighted by atomic mass is 10.2. The van der Waals surface area contributed by atoms with Crippen LogP contribution in [0.2, 0.25) is 5.02 Å². The van der Waals surface area contributed by atoms with Crippen molar-refractivity contribution in [3.63, 3.8) is 0 Å². The molecule has 0 spiro atoms. The molecule has 0 radical (unpaired) electrons. The van der Waals surface area contributed by atoms with Crippen LogP contribution < -0.4 is 4.74 Å². The van der Waals surface area contributed by atoms with Crippen molar-refractivity contribution in [2.45, 2.75) is 6.61 Å². The number of carboxylic acid groups (broad SMARTS) is 1. The van der Waals surface area contributed by atoms with Crippen molar-refractivity contribution >= 4 is 50.9 Å². The minimum atomic E-state index is -0.996. The van der Waals surface area contributed by atoms with Gasteiger partial charge < -0.3 is 9.84 Å². The highest BCUT2D eigenvalue weighted by atomic mass is 79.9. The Labute approximate surface area is 133 Å². The summed E-state index contributed by atoms with van der Waals surface area (Å²) in [6, 6.07) is 9.09. The normalized spacial score (nSPS) is 10.9. The van der Waals surface area contributed by atoms with E-state index in [2.05, 4.69) is 15.9 Å². The summed E-state index contributed by atoms with van der Waals surface area (Å²) in [5.74, 6) is -0.423. The SMILES string of the molecule is O=C(O)C=Cc1ccc(OCc2ccc(Br)s2)c(Cl)c1. The number of benzene rings is 1. The van der Waals surface area contributed by atoms with E-state index in [9.17, 15) is 4.79 Å². The average molecular weight is 374 g/mol. The molecular formula is C14H10BrClO3S. The van der Waals surface area contributed by atoms with E-state index in [1.54, 1.807) is 29.5 Å². The van der Waals surface area contributed by atoms with Crippen LogP contribution in [0.15, 0.2) is 40.2 Å². The highest BCUT2D eigenvalue weighted by molar-refractivity contribution is 9.11. The number of halogens is 2. The molecule has 6 heteroatoms. The maximum atomic E-state index is 10.4. The van der Waals surface area contributed by atoms with Gasteiger partial charge in [0.25, 0.3) is 0 Å². The number of hydrogen-bond acceptors (Lipinski definition) is 3. The molecule has 20 heavy (non-hydrogen) atoms. The monoisotopic (exact) mass is 372 g/mol. The largest absolute Gasteiger partial charge is 0.487 e. The van der Waals surface area contributed by atoms with Gasteiger partial charge >= 0.3 is 5.97 Å². The summed E-state index contributed by atoms with van der Waals surface area (Å²) in [7, 11) is 0. The topological polar surface area (TPSA) is 46.5 Å². The molecule has 2 rings (SSSR count). The molecule has 0 bridgehead atoms. The van der Waals surface area contributed by atoms with Gasteiger partial charge in [0.05, 0.1) is 8.81 Å². The average Bonchev–Trinajstić information content (AvgIpc) is 2.81. The first-order chi connectivity index (χ1) is 9.54. The minimum Gasteiger partial charge on any atom is -0.487 e. The zero-order valence-electron chi connectivity index (χ0n) is 10.2. The molecule has 3 nitrogen and oxygen atoms in total. The molecule has 0 aliphatic rings. The van der Waals surface area contributed by atoms with Crippen LogP contribution >= 0.6 is 38.9 Å². The van der Waals surface area contributed by atoms with Crippen LogP contribution in [0.1, 0.15) is 10.4 Å². The van der Waals surface area contributed by atoms with Gasteiger partial charge in [-0.05, 0) is 51.8 Å². The maximum Gasteiger partial charge on any atom is 0.328 e. The van der Waals surface area contributed by atoms with Gasteiger partial charge in [-0.1, -0.05) is 17.7 Å². The number of carbonyl (C=O) groups is 1. The lowest BCUT2D eigenvalue weighted by Gasteiger charge is -2.07. The second-order valence-electron chi connectivity index (χ2n) is 3.86. The second-order valence-corrected chi connectivity index (χ2v) is 6.81. The number of aliphatic carboxylic acids is 1. The predicted molar refractivity (Wildman–Crippen MR) is 84.5 cm³/mol. The van der Waals surface area contributed by atoms with Crippen molar-refractivity contribution in [2.24, 2.45) is 0 Å². The van der Waals surface area contributed by atoms with Gasteiger partial charge in [0.1, 0.15) is 12.4 Å². The molecule has 1 heterocycles. The van der Waals surface area contributed by atoms with Gasteiger partial charge in [-0.25, -0.2) is 4.79 Å². The molecule has 1 N–H and O–H groups in total. The van der Waals surface area contributed by atoms with Crippen molar-refractivity contribution in [1.82, 2.24) is 0 Å². The number of rotatable bonds is 5. The Morgan fingerprint density at radius 3 is 2.80 bits per heavy atom. The summed E-state index contributed by atoms with van der Waals surface area (Å²) >= 11 is 11.1. The molecule has 0 saturated heterocycles. The fourth-order valence-corrected chi connectivity index (χ4v) is 3.12. The Morgan fingerprint density at radius 1 is 1.40 bits per heavy atom. The van der Waals surface area contributed by atoms with E-state index in [1.807, 2.05) is 12.1 Å². The van der Waals surface area contributed by atoms with Crippen LogP contribution in [0, 0.1) is 0 Å². The zero-order valence-corrected chi connectivity index (χ0v) is 13.3. The van der Waals surface area contributed by atoms with Gasteiger partial charge in [-0.3, -0.25) is 0 Å². The predicted octanol–water partition coefficient (Wildman–Crippen LogP) is 4.84. The van der Waals surface area contributed by atoms with Gasteiger partial charge in [0, 0.05) is 11.0 Å². The van der Waals surface area contributed by atoms with Crippen LogP contribution in [0.25, 0.3) is 6.08 Å². The van der Waals surface area contributed by atoms with Crippen molar-refractivity contribution < 1.29 is 14.6 Å². The quantitative estimate of drug-likeness (QED) is 0.763. The number of hydrogen-bond donors (Lipinski definition) is 1. The Morgan fingerprint density at radius 2 is 2.20 bits per heavy atom. The van der Waals surface area contributed by atoms with Gasteiger partial charge in [-0.2, -0.15) is 0 Å². The van der Waals surface area contributed by atoms with Gasteiger partial charge in [-0.15, -0.1) is 11.3 Å². The third-order valence-electron chi connectivity index (χ3n) is 2.37. The Bertz CT molecular complexity index is 652. The van der Waals surface area contributed by atoms with Crippen LogP contribution in [0.4, 0.5) is 0 Å². The first-order valence-electron chi connectivity index (χ1n) is 5.62. The number of carboxylic acids is 1. The Balaban J connectivity index is 2.04. The summed E-state index contributed by atoms with van der Waals surface area (Å²) in [4.78, 5) is 11.5. The first kappa shape index (κ1) is 15.1. The van der Waals surface area contributed by atoms with Crippen molar-refractivity contribution in [3.8, 4) is 5.75 Å². The molecule has 0 saturated carbocycles. The highest BCUT2D eigenvalue weighted by Crippen LogP contribution is 2.28. The van der Waals surface area contributed by atoms with E-state index < -0.39 is 5.97 Å². The molecule has 0 aliphatic heterocycles. The molecule has 0 unspecified atom stereocenters. The van der Waals surface area contributed by atoms with Crippen molar-refractivity contribution in [1.29, 1.82) is 0 Å². The van der Waals surface area contributed by atoms with Crippen LogP contribution in [-0.2, 0) is 11.4 Å². The minimum absolute atomic E-state index is 0.445. The molecular weight excluding hydrogens is 364 g/mol. The smallest absolute Gasteiger partial charge is 0.328 e. The molecule has 1 aromatic carbocycles. The summed E-state index contributed by atoms with van der Waals surface area (Å²) in [6.45, 7) is 0.445. The molecule has 0 aliphatic carbocycles. The van der Waals surface area contributed by atoms with Crippen LogP contribution in [0.3, 0.4) is 0 Å². The number of ether oxygens (including phenoxy) is 1. The summed E-state index contributed by atoms with van der Waals surface area (Å²) < 4.78 is 6.69. The Hall–Kier alpha value is -1.30. The van der Waals surface area contributed by atoms with E-state index in [0.29, 0.717) is 22.9 Å². The third kappa shape index (κ3) is 4.37. The van der Waals surface area contributed by atoms with E-state index in [1.165, 1.54) is 6.08 Å². The fraction of sp³-hybridized carbons (Fsp3) is 0.0714. The lowest BCUT2D eigenvalue weighted by molar-refractivity contribution is -0.131. The van der Waals surface area contributed by atoms with Crippen LogP contribution in [-0.4, -0.2) is 11.1 Å². The van der Waals surface area contributed by atoms with E-state index >= 15 is 0 Å². The number of thiophene rings is 1. The summed E-state index contributed by atoms with van der Waals surface area (Å²) in [5.41, 5.74) is 0.712. The van der Waals surface area contributed by atoms with Gasteiger partial charge in [0.2, 0.25) is 0 Å².